The van der Waals surface area contributed by atoms with Gasteiger partial charge in [-0.25, -0.2) is 4.98 Å². The summed E-state index contributed by atoms with van der Waals surface area (Å²) in [5.41, 5.74) is 5.29. The van der Waals surface area contributed by atoms with Gasteiger partial charge < -0.3 is 11.1 Å². The molecule has 14 heavy (non-hydrogen) atoms. The Morgan fingerprint density at radius 1 is 1.57 bits per heavy atom. The molecule has 1 fully saturated rings. The zero-order valence-electron chi connectivity index (χ0n) is 8.33. The van der Waals surface area contributed by atoms with Crippen LogP contribution in [-0.2, 0) is 0 Å². The van der Waals surface area contributed by atoms with Gasteiger partial charge in [-0.3, -0.25) is 0 Å². The second-order valence-corrected chi connectivity index (χ2v) is 4.31. The van der Waals surface area contributed by atoms with Gasteiger partial charge in [-0.1, -0.05) is 0 Å². The number of nitrogen functional groups attached to an aromatic ring is 1. The number of hydrogen-bond acceptors (Lipinski definition) is 3. The zero-order chi connectivity index (χ0) is 10.4. The molecule has 0 aliphatic carbocycles. The van der Waals surface area contributed by atoms with Crippen LogP contribution >= 0.6 is 15.9 Å². The van der Waals surface area contributed by atoms with Crippen molar-refractivity contribution >= 4 is 21.7 Å². The lowest BCUT2D eigenvalue weighted by atomic mass is 10.3. The Morgan fingerprint density at radius 3 is 2.64 bits per heavy atom. The summed E-state index contributed by atoms with van der Waals surface area (Å²) in [6.45, 7) is 3.47. The third kappa shape index (κ3) is 4.58. The first kappa shape index (κ1) is 11.5. The number of anilines is 1. The molecule has 1 unspecified atom stereocenters. The fourth-order valence-corrected chi connectivity index (χ4v) is 1.48. The van der Waals surface area contributed by atoms with E-state index >= 15 is 0 Å². The van der Waals surface area contributed by atoms with Gasteiger partial charge in [0.05, 0.1) is 0 Å². The van der Waals surface area contributed by atoms with Crippen molar-refractivity contribution in [3.63, 3.8) is 0 Å². The van der Waals surface area contributed by atoms with Crippen molar-refractivity contribution in [3.8, 4) is 0 Å². The number of aromatic nitrogens is 1. The topological polar surface area (TPSA) is 50.9 Å². The molecular formula is C10H16BrN3. The summed E-state index contributed by atoms with van der Waals surface area (Å²) in [6, 6.07) is 4.39. The fraction of sp³-hybridized carbons (Fsp3) is 0.500. The molecule has 2 heterocycles. The smallest absolute Gasteiger partial charge is 0.123 e. The Bertz CT molecular complexity index is 234. The lowest BCUT2D eigenvalue weighted by molar-refractivity contribution is 0.664. The van der Waals surface area contributed by atoms with Gasteiger partial charge in [-0.05, 0) is 54.4 Å². The number of rotatable bonds is 0. The lowest BCUT2D eigenvalue weighted by Gasteiger charge is -1.95. The van der Waals surface area contributed by atoms with Gasteiger partial charge in [0, 0.05) is 16.7 Å². The first-order chi connectivity index (χ1) is 6.68. The van der Waals surface area contributed by atoms with Gasteiger partial charge in [0.1, 0.15) is 5.82 Å². The number of halogens is 1. The van der Waals surface area contributed by atoms with Gasteiger partial charge in [0.15, 0.2) is 0 Å². The molecule has 0 bridgehead atoms. The van der Waals surface area contributed by atoms with Crippen molar-refractivity contribution in [2.45, 2.75) is 25.8 Å². The van der Waals surface area contributed by atoms with Crippen molar-refractivity contribution in [1.82, 2.24) is 10.3 Å². The van der Waals surface area contributed by atoms with E-state index in [-0.39, 0.29) is 0 Å². The van der Waals surface area contributed by atoms with Crippen LogP contribution in [0.5, 0.6) is 0 Å². The Morgan fingerprint density at radius 2 is 2.36 bits per heavy atom. The van der Waals surface area contributed by atoms with Crippen molar-refractivity contribution in [2.75, 3.05) is 12.3 Å². The largest absolute Gasteiger partial charge is 0.384 e. The highest BCUT2D eigenvalue weighted by molar-refractivity contribution is 9.10. The summed E-state index contributed by atoms with van der Waals surface area (Å²) in [5, 5.41) is 3.32. The molecule has 0 saturated carbocycles. The molecule has 1 atom stereocenters. The van der Waals surface area contributed by atoms with E-state index in [0.717, 1.165) is 10.5 Å². The molecule has 0 amide bonds. The standard InChI is InChI=1S/C5H5BrN2.C5H11N/c6-4-1-2-5(7)8-3-4;1-5-3-2-4-6-5/h1-3H,(H2,7,8);5-6H,2-4H2,1H3. The molecule has 0 radical (unpaired) electrons. The maximum absolute atomic E-state index is 5.29. The predicted octanol–water partition coefficient (Wildman–Crippen LogP) is 2.18. The van der Waals surface area contributed by atoms with E-state index in [4.69, 9.17) is 5.73 Å². The summed E-state index contributed by atoms with van der Waals surface area (Å²) < 4.78 is 0.951. The van der Waals surface area contributed by atoms with Crippen molar-refractivity contribution in [3.05, 3.63) is 22.8 Å². The molecule has 1 aromatic heterocycles. The summed E-state index contributed by atoms with van der Waals surface area (Å²) in [6.07, 6.45) is 4.41. The molecule has 1 aromatic rings. The molecule has 0 aromatic carbocycles. The quantitative estimate of drug-likeness (QED) is 0.750. The minimum atomic E-state index is 0.549. The predicted molar refractivity (Wildman–Crippen MR) is 63.0 cm³/mol. The van der Waals surface area contributed by atoms with Crippen LogP contribution in [0.1, 0.15) is 19.8 Å². The van der Waals surface area contributed by atoms with E-state index in [1.54, 1.807) is 12.3 Å². The van der Waals surface area contributed by atoms with Crippen LogP contribution in [0.4, 0.5) is 5.82 Å². The highest BCUT2D eigenvalue weighted by atomic mass is 79.9. The molecule has 3 N–H and O–H groups in total. The van der Waals surface area contributed by atoms with E-state index in [1.165, 1.54) is 19.4 Å². The Hall–Kier alpha value is -0.610. The van der Waals surface area contributed by atoms with Crippen LogP contribution in [-0.4, -0.2) is 17.6 Å². The van der Waals surface area contributed by atoms with E-state index in [0.29, 0.717) is 5.82 Å². The molecular weight excluding hydrogens is 242 g/mol. The highest BCUT2D eigenvalue weighted by Crippen LogP contribution is 2.07. The maximum atomic E-state index is 5.29. The van der Waals surface area contributed by atoms with Crippen LogP contribution in [0.25, 0.3) is 0 Å². The van der Waals surface area contributed by atoms with Crippen LogP contribution in [0.15, 0.2) is 22.8 Å². The molecule has 3 nitrogen and oxygen atoms in total. The van der Waals surface area contributed by atoms with Crippen LogP contribution in [0, 0.1) is 0 Å². The molecule has 4 heteroatoms. The summed E-state index contributed by atoms with van der Waals surface area (Å²) in [4.78, 5) is 3.81. The lowest BCUT2D eigenvalue weighted by Crippen LogP contribution is -2.16. The first-order valence-electron chi connectivity index (χ1n) is 4.79. The minimum absolute atomic E-state index is 0.549. The average Bonchev–Trinajstić information content (AvgIpc) is 2.63. The van der Waals surface area contributed by atoms with Crippen molar-refractivity contribution in [2.24, 2.45) is 0 Å². The van der Waals surface area contributed by atoms with Crippen molar-refractivity contribution in [1.29, 1.82) is 0 Å². The molecule has 1 aliphatic heterocycles. The van der Waals surface area contributed by atoms with Crippen LogP contribution in [0.2, 0.25) is 0 Å². The fourth-order valence-electron chi connectivity index (χ4n) is 1.25. The number of nitrogens with two attached hydrogens (primary N) is 1. The Labute approximate surface area is 93.2 Å². The maximum Gasteiger partial charge on any atom is 0.123 e. The second-order valence-electron chi connectivity index (χ2n) is 3.40. The summed E-state index contributed by atoms with van der Waals surface area (Å²) in [7, 11) is 0. The third-order valence-electron chi connectivity index (χ3n) is 2.06. The van der Waals surface area contributed by atoms with Gasteiger partial charge >= 0.3 is 0 Å². The average molecular weight is 258 g/mol. The molecule has 2 rings (SSSR count). The van der Waals surface area contributed by atoms with E-state index in [1.807, 2.05) is 6.07 Å². The first-order valence-corrected chi connectivity index (χ1v) is 5.58. The highest BCUT2D eigenvalue weighted by Gasteiger charge is 2.05. The molecule has 0 spiro atoms. The van der Waals surface area contributed by atoms with Gasteiger partial charge in [0.25, 0.3) is 0 Å². The number of pyridine rings is 1. The van der Waals surface area contributed by atoms with E-state index < -0.39 is 0 Å². The second kappa shape index (κ2) is 5.98. The number of hydrogen-bond donors (Lipinski definition) is 2. The van der Waals surface area contributed by atoms with E-state index in [9.17, 15) is 0 Å². The SMILES string of the molecule is CC1CCCN1.Nc1ccc(Br)cn1. The number of nitrogens with one attached hydrogen (secondary N) is 1. The normalized spacial score (nSPS) is 20.0. The summed E-state index contributed by atoms with van der Waals surface area (Å²) in [5.74, 6) is 0.549. The molecule has 78 valence electrons. The Balaban J connectivity index is 0.000000146. The van der Waals surface area contributed by atoms with E-state index in [2.05, 4.69) is 33.2 Å². The monoisotopic (exact) mass is 257 g/mol. The van der Waals surface area contributed by atoms with Crippen molar-refractivity contribution < 1.29 is 0 Å². The Kier molecular flexibility index (Phi) is 4.90. The van der Waals surface area contributed by atoms with Gasteiger partial charge in [-0.2, -0.15) is 0 Å². The van der Waals surface area contributed by atoms with Gasteiger partial charge in [0.2, 0.25) is 0 Å². The number of nitrogens with zero attached hydrogens (tertiary/aromatic N) is 1. The van der Waals surface area contributed by atoms with Crippen LogP contribution < -0.4 is 11.1 Å². The van der Waals surface area contributed by atoms with Gasteiger partial charge in [-0.15, -0.1) is 0 Å². The van der Waals surface area contributed by atoms with Crippen LogP contribution in [0.3, 0.4) is 0 Å². The minimum Gasteiger partial charge on any atom is -0.384 e. The molecule has 1 saturated heterocycles. The summed E-state index contributed by atoms with van der Waals surface area (Å²) >= 11 is 3.23. The molecule has 1 aliphatic rings. The zero-order valence-corrected chi connectivity index (χ0v) is 9.92. The third-order valence-corrected chi connectivity index (χ3v) is 2.53.